The minimum Gasteiger partial charge on any atom is -0.253 e. The molecule has 0 fully saturated rings. The van der Waals surface area contributed by atoms with Gasteiger partial charge in [-0.15, -0.1) is 0 Å². The van der Waals surface area contributed by atoms with Crippen LogP contribution in [-0.4, -0.2) is 13.4 Å². The molecule has 13 heavy (non-hydrogen) atoms. The average Bonchev–Trinajstić information content (AvgIpc) is 2.01. The highest BCUT2D eigenvalue weighted by Crippen LogP contribution is 2.05. The average molecular weight is 206 g/mol. The van der Waals surface area contributed by atoms with Gasteiger partial charge in [-0.25, -0.2) is 10.1 Å². The van der Waals surface area contributed by atoms with Gasteiger partial charge in [0.05, 0.1) is 6.61 Å². The lowest BCUT2D eigenvalue weighted by atomic mass is 10.3. The van der Waals surface area contributed by atoms with Gasteiger partial charge in [-0.3, -0.25) is 4.18 Å². The van der Waals surface area contributed by atoms with Gasteiger partial charge in [-0.2, -0.15) is 12.8 Å². The van der Waals surface area contributed by atoms with Crippen LogP contribution < -0.4 is 5.14 Å². The lowest BCUT2D eigenvalue weighted by Gasteiger charge is -2.00. The Morgan fingerprint density at radius 3 is 2.85 bits per heavy atom. The van der Waals surface area contributed by atoms with Crippen molar-refractivity contribution in [2.75, 3.05) is 0 Å². The number of nitrogens with zero attached hydrogens (tertiary/aromatic N) is 1. The van der Waals surface area contributed by atoms with Gasteiger partial charge < -0.3 is 0 Å². The van der Waals surface area contributed by atoms with Gasteiger partial charge in [0.25, 0.3) is 0 Å². The zero-order valence-electron chi connectivity index (χ0n) is 6.47. The summed E-state index contributed by atoms with van der Waals surface area (Å²) in [5.74, 6) is -0.772. The Kier molecular flexibility index (Phi) is 2.91. The maximum absolute atomic E-state index is 12.7. The molecular formula is C6H7FN2O3S. The molecule has 0 saturated carbocycles. The Labute approximate surface area is 74.6 Å². The Morgan fingerprint density at radius 2 is 2.31 bits per heavy atom. The summed E-state index contributed by atoms with van der Waals surface area (Å²) in [6.45, 7) is -0.446. The molecule has 1 heterocycles. The molecule has 0 aromatic carbocycles. The fourth-order valence-corrected chi connectivity index (χ4v) is 0.964. The van der Waals surface area contributed by atoms with Gasteiger partial charge in [-0.05, 0) is 6.07 Å². The van der Waals surface area contributed by atoms with Crippen molar-refractivity contribution < 1.29 is 17.0 Å². The van der Waals surface area contributed by atoms with Gasteiger partial charge in [0, 0.05) is 11.8 Å². The van der Waals surface area contributed by atoms with E-state index in [2.05, 4.69) is 14.3 Å². The van der Waals surface area contributed by atoms with Crippen molar-refractivity contribution in [1.29, 1.82) is 0 Å². The van der Waals surface area contributed by atoms with E-state index in [4.69, 9.17) is 0 Å². The van der Waals surface area contributed by atoms with E-state index in [1.165, 1.54) is 18.3 Å². The Hall–Kier alpha value is -1.05. The first-order valence-electron chi connectivity index (χ1n) is 3.25. The largest absolute Gasteiger partial charge is 0.333 e. The molecule has 2 N–H and O–H groups in total. The molecular weight excluding hydrogens is 199 g/mol. The summed E-state index contributed by atoms with van der Waals surface area (Å²) in [6, 6.07) is 2.82. The molecule has 1 aromatic rings. The van der Waals surface area contributed by atoms with Crippen LogP contribution in [0.15, 0.2) is 18.3 Å². The maximum Gasteiger partial charge on any atom is 0.333 e. The molecule has 0 bridgehead atoms. The van der Waals surface area contributed by atoms with Crippen molar-refractivity contribution in [1.82, 2.24) is 4.98 Å². The number of hydrogen-bond donors (Lipinski definition) is 1. The number of pyridine rings is 1. The number of hydrogen-bond acceptors (Lipinski definition) is 4. The van der Waals surface area contributed by atoms with E-state index >= 15 is 0 Å². The smallest absolute Gasteiger partial charge is 0.253 e. The first-order valence-corrected chi connectivity index (χ1v) is 4.73. The van der Waals surface area contributed by atoms with E-state index in [-0.39, 0.29) is 5.56 Å². The molecule has 0 atom stereocenters. The summed E-state index contributed by atoms with van der Waals surface area (Å²) in [6.07, 6.45) is 1.25. The fraction of sp³-hybridized carbons (Fsp3) is 0.167. The van der Waals surface area contributed by atoms with E-state index in [9.17, 15) is 12.8 Å². The summed E-state index contributed by atoms with van der Waals surface area (Å²) in [5, 5.41) is 4.54. The third-order valence-electron chi connectivity index (χ3n) is 1.22. The molecule has 0 spiro atoms. The quantitative estimate of drug-likeness (QED) is 0.702. The summed E-state index contributed by atoms with van der Waals surface area (Å²) >= 11 is 0. The Balaban J connectivity index is 2.71. The lowest BCUT2D eigenvalue weighted by molar-refractivity contribution is 0.301. The van der Waals surface area contributed by atoms with Gasteiger partial charge in [-0.1, -0.05) is 6.07 Å². The van der Waals surface area contributed by atoms with Crippen LogP contribution in [0.1, 0.15) is 5.56 Å². The van der Waals surface area contributed by atoms with E-state index in [0.29, 0.717) is 0 Å². The van der Waals surface area contributed by atoms with Crippen LogP contribution in [0.4, 0.5) is 4.39 Å². The molecule has 1 aromatic heterocycles. The first kappa shape index (κ1) is 10.0. The maximum atomic E-state index is 12.7. The Bertz CT molecular complexity index is 393. The van der Waals surface area contributed by atoms with Gasteiger partial charge in [0.15, 0.2) is 0 Å². The first-order chi connectivity index (χ1) is 5.99. The fourth-order valence-electron chi connectivity index (χ4n) is 0.673. The lowest BCUT2D eigenvalue weighted by Crippen LogP contribution is -2.16. The summed E-state index contributed by atoms with van der Waals surface area (Å²) < 4.78 is 37.6. The highest BCUT2D eigenvalue weighted by atomic mass is 32.2. The van der Waals surface area contributed by atoms with E-state index in [1.807, 2.05) is 0 Å². The second-order valence-electron chi connectivity index (χ2n) is 2.21. The summed E-state index contributed by atoms with van der Waals surface area (Å²) in [4.78, 5) is 3.30. The molecule has 0 aliphatic heterocycles. The standard InChI is InChI=1S/C6H7FN2O3S/c7-6-5(2-1-3-9-6)4-12-13(8,10)11/h1-3H,4H2,(H2,8,10,11). The van der Waals surface area contributed by atoms with Crippen molar-refractivity contribution in [2.24, 2.45) is 5.14 Å². The SMILES string of the molecule is NS(=O)(=O)OCc1cccnc1F. The van der Waals surface area contributed by atoms with Crippen LogP contribution >= 0.6 is 0 Å². The number of nitrogens with two attached hydrogens (primary N) is 1. The molecule has 0 aliphatic rings. The molecule has 5 nitrogen and oxygen atoms in total. The second-order valence-corrected chi connectivity index (χ2v) is 3.43. The van der Waals surface area contributed by atoms with Crippen LogP contribution in [0.5, 0.6) is 0 Å². The molecule has 0 unspecified atom stereocenters. The third-order valence-corrected chi connectivity index (χ3v) is 1.66. The minimum absolute atomic E-state index is 0.0384. The van der Waals surface area contributed by atoms with E-state index in [1.54, 1.807) is 0 Å². The van der Waals surface area contributed by atoms with Crippen LogP contribution in [0, 0.1) is 5.95 Å². The zero-order valence-corrected chi connectivity index (χ0v) is 7.29. The van der Waals surface area contributed by atoms with Crippen LogP contribution in [0.3, 0.4) is 0 Å². The molecule has 0 saturated heterocycles. The third kappa shape index (κ3) is 3.45. The van der Waals surface area contributed by atoms with Crippen molar-refractivity contribution in [2.45, 2.75) is 6.61 Å². The highest BCUT2D eigenvalue weighted by Gasteiger charge is 2.06. The van der Waals surface area contributed by atoms with Gasteiger partial charge in [0.2, 0.25) is 5.95 Å². The van der Waals surface area contributed by atoms with Crippen molar-refractivity contribution >= 4 is 10.3 Å². The van der Waals surface area contributed by atoms with E-state index in [0.717, 1.165) is 0 Å². The normalized spacial score (nSPS) is 11.5. The molecule has 0 radical (unpaired) electrons. The van der Waals surface area contributed by atoms with Gasteiger partial charge in [0.1, 0.15) is 0 Å². The van der Waals surface area contributed by atoms with Crippen molar-refractivity contribution in [3.63, 3.8) is 0 Å². The minimum atomic E-state index is -4.03. The number of aromatic nitrogens is 1. The topological polar surface area (TPSA) is 82.3 Å². The second kappa shape index (κ2) is 3.77. The highest BCUT2D eigenvalue weighted by molar-refractivity contribution is 7.84. The predicted molar refractivity (Wildman–Crippen MR) is 42.1 cm³/mol. The molecule has 7 heteroatoms. The predicted octanol–water partition coefficient (Wildman–Crippen LogP) is -0.0592. The van der Waals surface area contributed by atoms with Crippen molar-refractivity contribution in [3.8, 4) is 0 Å². The van der Waals surface area contributed by atoms with Crippen LogP contribution in [0.2, 0.25) is 0 Å². The molecule has 0 amide bonds. The monoisotopic (exact) mass is 206 g/mol. The van der Waals surface area contributed by atoms with E-state index < -0.39 is 22.9 Å². The number of rotatable bonds is 3. The Morgan fingerprint density at radius 1 is 1.62 bits per heavy atom. The molecule has 0 aliphatic carbocycles. The number of halogens is 1. The van der Waals surface area contributed by atoms with Gasteiger partial charge >= 0.3 is 10.3 Å². The van der Waals surface area contributed by atoms with Crippen molar-refractivity contribution in [3.05, 3.63) is 29.8 Å². The molecule has 72 valence electrons. The molecule has 1 rings (SSSR count). The van der Waals surface area contributed by atoms with Crippen LogP contribution in [-0.2, 0) is 21.1 Å². The van der Waals surface area contributed by atoms with Crippen LogP contribution in [0.25, 0.3) is 0 Å². The summed E-state index contributed by atoms with van der Waals surface area (Å²) in [7, 11) is -4.03. The zero-order chi connectivity index (χ0) is 9.90. The summed E-state index contributed by atoms with van der Waals surface area (Å²) in [5.41, 5.74) is 0.0384.